The van der Waals surface area contributed by atoms with Gasteiger partial charge in [-0.3, -0.25) is 0 Å². The number of likely N-dealkylation sites (tertiary alicyclic amines) is 1. The van der Waals surface area contributed by atoms with Crippen molar-refractivity contribution in [2.75, 3.05) is 20.3 Å². The number of thiazole rings is 1. The Hall–Kier alpha value is -1.14. The van der Waals surface area contributed by atoms with Gasteiger partial charge in [-0.05, 0) is 33.1 Å². The quantitative estimate of drug-likeness (QED) is 0.871. The molecule has 5 nitrogen and oxygen atoms in total. The second-order valence-corrected chi connectivity index (χ2v) is 7.41. The number of ether oxygens (including phenoxy) is 1. The summed E-state index contributed by atoms with van der Waals surface area (Å²) in [4.78, 5) is 20.2. The van der Waals surface area contributed by atoms with Crippen LogP contribution in [0.25, 0.3) is 0 Å². The molecule has 22 heavy (non-hydrogen) atoms. The van der Waals surface area contributed by atoms with Gasteiger partial charge in [0.15, 0.2) is 0 Å². The molecule has 124 valence electrons. The summed E-state index contributed by atoms with van der Waals surface area (Å²) in [7, 11) is 1.72. The minimum absolute atomic E-state index is 0.00310. The zero-order valence-electron chi connectivity index (χ0n) is 14.0. The van der Waals surface area contributed by atoms with Gasteiger partial charge >= 0.3 is 6.03 Å². The average Bonchev–Trinajstić information content (AvgIpc) is 3.06. The van der Waals surface area contributed by atoms with E-state index in [1.165, 1.54) is 0 Å². The van der Waals surface area contributed by atoms with Crippen LogP contribution in [0.1, 0.15) is 55.5 Å². The van der Waals surface area contributed by atoms with Gasteiger partial charge in [0, 0.05) is 24.7 Å². The van der Waals surface area contributed by atoms with Crippen molar-refractivity contribution in [3.63, 3.8) is 0 Å². The molecule has 2 unspecified atom stereocenters. The molecule has 0 saturated carbocycles. The van der Waals surface area contributed by atoms with E-state index in [0.29, 0.717) is 6.61 Å². The molecular formula is C16H27N3O2S. The van der Waals surface area contributed by atoms with Crippen LogP contribution in [0, 0.1) is 6.92 Å². The summed E-state index contributed by atoms with van der Waals surface area (Å²) in [5, 5.41) is 4.06. The first-order valence-electron chi connectivity index (χ1n) is 8.02. The van der Waals surface area contributed by atoms with Crippen LogP contribution in [-0.2, 0) is 4.74 Å². The largest absolute Gasteiger partial charge is 0.382 e. The van der Waals surface area contributed by atoms with Crippen molar-refractivity contribution in [3.05, 3.63) is 16.1 Å². The Labute approximate surface area is 137 Å². The van der Waals surface area contributed by atoms with Crippen molar-refractivity contribution in [1.82, 2.24) is 15.2 Å². The number of nitrogens with one attached hydrogen (secondary N) is 1. The van der Waals surface area contributed by atoms with Crippen molar-refractivity contribution >= 4 is 17.4 Å². The van der Waals surface area contributed by atoms with Crippen LogP contribution < -0.4 is 5.32 Å². The molecule has 1 aliphatic rings. The summed E-state index contributed by atoms with van der Waals surface area (Å²) in [6.45, 7) is 7.59. The van der Waals surface area contributed by atoms with Gasteiger partial charge < -0.3 is 15.0 Å². The first-order chi connectivity index (χ1) is 10.5. The van der Waals surface area contributed by atoms with Gasteiger partial charge in [-0.15, -0.1) is 11.3 Å². The van der Waals surface area contributed by atoms with E-state index >= 15 is 0 Å². The third kappa shape index (κ3) is 3.60. The molecule has 6 heteroatoms. The Bertz CT molecular complexity index is 497. The normalized spacial score (nSPS) is 22.8. The SMILES string of the molecule is CCCC1(COC)CCCN1C(=O)NC(C)c1ncc(C)s1. The Morgan fingerprint density at radius 2 is 2.41 bits per heavy atom. The van der Waals surface area contributed by atoms with Crippen LogP contribution in [0.3, 0.4) is 0 Å². The Morgan fingerprint density at radius 3 is 3.00 bits per heavy atom. The van der Waals surface area contributed by atoms with Gasteiger partial charge in [0.05, 0.1) is 18.2 Å². The first-order valence-corrected chi connectivity index (χ1v) is 8.83. The number of hydrogen-bond acceptors (Lipinski definition) is 4. The summed E-state index contributed by atoms with van der Waals surface area (Å²) in [6, 6.07) is -0.0583. The Morgan fingerprint density at radius 1 is 1.64 bits per heavy atom. The lowest BCUT2D eigenvalue weighted by atomic mass is 9.91. The summed E-state index contributed by atoms with van der Waals surface area (Å²) in [5.74, 6) is 0. The Kier molecular flexibility index (Phi) is 5.81. The fourth-order valence-corrected chi connectivity index (χ4v) is 4.15. The van der Waals surface area contributed by atoms with Crippen LogP contribution in [0.5, 0.6) is 0 Å². The summed E-state index contributed by atoms with van der Waals surface area (Å²) in [5.41, 5.74) is -0.147. The van der Waals surface area contributed by atoms with Crippen molar-refractivity contribution in [2.45, 2.75) is 58.0 Å². The van der Waals surface area contributed by atoms with E-state index in [0.717, 1.165) is 42.1 Å². The molecule has 1 aliphatic heterocycles. The number of nitrogens with zero attached hydrogens (tertiary/aromatic N) is 2. The Balaban J connectivity index is 2.06. The lowest BCUT2D eigenvalue weighted by Crippen LogP contribution is -2.54. The average molecular weight is 325 g/mol. The van der Waals surface area contributed by atoms with Crippen molar-refractivity contribution in [3.8, 4) is 0 Å². The van der Waals surface area contributed by atoms with Gasteiger partial charge in [-0.1, -0.05) is 13.3 Å². The number of aryl methyl sites for hydroxylation is 1. The molecule has 1 N–H and O–H groups in total. The zero-order valence-corrected chi connectivity index (χ0v) is 14.8. The molecule has 1 aromatic rings. The third-order valence-corrected chi connectivity index (χ3v) is 5.41. The van der Waals surface area contributed by atoms with E-state index in [1.807, 2.05) is 24.9 Å². The highest BCUT2D eigenvalue weighted by Crippen LogP contribution is 2.34. The summed E-state index contributed by atoms with van der Waals surface area (Å²) >= 11 is 1.63. The maximum absolute atomic E-state index is 12.7. The van der Waals surface area contributed by atoms with Crippen molar-refractivity contribution in [2.24, 2.45) is 0 Å². The second kappa shape index (κ2) is 7.42. The van der Waals surface area contributed by atoms with E-state index < -0.39 is 0 Å². The maximum atomic E-state index is 12.7. The van der Waals surface area contributed by atoms with Gasteiger partial charge in [-0.25, -0.2) is 9.78 Å². The number of urea groups is 1. The molecule has 0 spiro atoms. The number of aromatic nitrogens is 1. The standard InChI is InChI=1S/C16H27N3O2S/c1-5-7-16(11-21-4)8-6-9-19(16)15(20)18-13(3)14-17-10-12(2)22-14/h10,13H,5-9,11H2,1-4H3,(H,18,20). The molecule has 0 bridgehead atoms. The zero-order chi connectivity index (χ0) is 16.2. The highest BCUT2D eigenvalue weighted by molar-refractivity contribution is 7.11. The number of amides is 2. The molecule has 2 heterocycles. The van der Waals surface area contributed by atoms with Crippen molar-refractivity contribution < 1.29 is 9.53 Å². The molecule has 0 aliphatic carbocycles. The molecule has 2 rings (SSSR count). The van der Waals surface area contributed by atoms with E-state index in [9.17, 15) is 4.79 Å². The highest BCUT2D eigenvalue weighted by Gasteiger charge is 2.43. The highest BCUT2D eigenvalue weighted by atomic mass is 32.1. The molecule has 1 aromatic heterocycles. The first kappa shape index (κ1) is 17.2. The van der Waals surface area contributed by atoms with Crippen LogP contribution in [0.4, 0.5) is 4.79 Å². The molecule has 1 fully saturated rings. The van der Waals surface area contributed by atoms with E-state index in [4.69, 9.17) is 4.74 Å². The molecule has 0 aromatic carbocycles. The second-order valence-electron chi connectivity index (χ2n) is 6.14. The maximum Gasteiger partial charge on any atom is 0.318 e. The predicted octanol–water partition coefficient (Wildman–Crippen LogP) is 3.50. The van der Waals surface area contributed by atoms with E-state index in [-0.39, 0.29) is 17.6 Å². The third-order valence-electron chi connectivity index (χ3n) is 4.32. The molecule has 2 amide bonds. The van der Waals surface area contributed by atoms with E-state index in [1.54, 1.807) is 18.4 Å². The van der Waals surface area contributed by atoms with Crippen molar-refractivity contribution in [1.29, 1.82) is 0 Å². The minimum Gasteiger partial charge on any atom is -0.382 e. The van der Waals surface area contributed by atoms with Gasteiger partial charge in [0.2, 0.25) is 0 Å². The number of carbonyl (C=O) groups is 1. The lowest BCUT2D eigenvalue weighted by Gasteiger charge is -2.38. The fraction of sp³-hybridized carbons (Fsp3) is 0.750. The topological polar surface area (TPSA) is 54.5 Å². The van der Waals surface area contributed by atoms with Gasteiger partial charge in [-0.2, -0.15) is 0 Å². The summed E-state index contributed by atoms with van der Waals surface area (Å²) < 4.78 is 5.42. The number of hydrogen-bond donors (Lipinski definition) is 1. The summed E-state index contributed by atoms with van der Waals surface area (Å²) in [6.07, 6.45) is 5.95. The predicted molar refractivity (Wildman–Crippen MR) is 89.3 cm³/mol. The van der Waals surface area contributed by atoms with Gasteiger partial charge in [0.1, 0.15) is 5.01 Å². The lowest BCUT2D eigenvalue weighted by molar-refractivity contribution is 0.0495. The minimum atomic E-state index is -0.147. The van der Waals surface area contributed by atoms with Crippen LogP contribution >= 0.6 is 11.3 Å². The van der Waals surface area contributed by atoms with Crippen LogP contribution in [-0.4, -0.2) is 41.7 Å². The molecule has 2 atom stereocenters. The monoisotopic (exact) mass is 325 g/mol. The smallest absolute Gasteiger partial charge is 0.318 e. The number of methoxy groups -OCH3 is 1. The van der Waals surface area contributed by atoms with E-state index in [2.05, 4.69) is 17.2 Å². The molecule has 0 radical (unpaired) electrons. The fourth-order valence-electron chi connectivity index (χ4n) is 3.37. The molecular weight excluding hydrogens is 298 g/mol. The van der Waals surface area contributed by atoms with Crippen LogP contribution in [0.15, 0.2) is 6.20 Å². The van der Waals surface area contributed by atoms with Crippen LogP contribution in [0.2, 0.25) is 0 Å². The molecule has 1 saturated heterocycles. The van der Waals surface area contributed by atoms with Gasteiger partial charge in [0.25, 0.3) is 0 Å². The number of rotatable bonds is 6. The number of carbonyl (C=O) groups excluding carboxylic acids is 1.